The van der Waals surface area contributed by atoms with Gasteiger partial charge in [-0.1, -0.05) is 23.5 Å². The van der Waals surface area contributed by atoms with Gasteiger partial charge in [0.1, 0.15) is 6.10 Å². The van der Waals surface area contributed by atoms with Gasteiger partial charge in [0.05, 0.1) is 29.9 Å². The highest BCUT2D eigenvalue weighted by molar-refractivity contribution is 7.15. The number of anilines is 1. The van der Waals surface area contributed by atoms with E-state index in [0.717, 1.165) is 30.1 Å². The second kappa shape index (κ2) is 6.39. The van der Waals surface area contributed by atoms with Crippen LogP contribution in [-0.2, 0) is 17.7 Å². The van der Waals surface area contributed by atoms with Crippen molar-refractivity contribution in [3.63, 3.8) is 0 Å². The van der Waals surface area contributed by atoms with Gasteiger partial charge in [0.2, 0.25) is 0 Å². The maximum atomic E-state index is 12.5. The van der Waals surface area contributed by atoms with E-state index < -0.39 is 12.2 Å². The van der Waals surface area contributed by atoms with Crippen LogP contribution in [0.25, 0.3) is 0 Å². The van der Waals surface area contributed by atoms with E-state index in [2.05, 4.69) is 16.9 Å². The fourth-order valence-corrected chi connectivity index (χ4v) is 4.99. The van der Waals surface area contributed by atoms with Crippen LogP contribution in [0.1, 0.15) is 31.3 Å². The van der Waals surface area contributed by atoms with E-state index in [9.17, 15) is 14.4 Å². The van der Waals surface area contributed by atoms with Gasteiger partial charge in [-0.05, 0) is 19.2 Å². The van der Waals surface area contributed by atoms with E-state index >= 15 is 0 Å². The summed E-state index contributed by atoms with van der Waals surface area (Å²) in [6, 6.07) is 6.73. The van der Waals surface area contributed by atoms with Crippen molar-refractivity contribution in [2.75, 3.05) is 31.6 Å². The summed E-state index contributed by atoms with van der Waals surface area (Å²) in [5, 5.41) is 0.621. The van der Waals surface area contributed by atoms with Crippen molar-refractivity contribution in [1.29, 1.82) is 0 Å². The number of nitrogens with zero attached hydrogens (tertiary/aromatic N) is 4. The summed E-state index contributed by atoms with van der Waals surface area (Å²) in [4.78, 5) is 48.1. The quantitative estimate of drug-likeness (QED) is 0.733. The molecule has 1 aromatic heterocycles. The number of ether oxygens (including phenoxy) is 1. The van der Waals surface area contributed by atoms with Crippen molar-refractivity contribution in [3.8, 4) is 0 Å². The lowest BCUT2D eigenvalue weighted by molar-refractivity contribution is 0.0558. The van der Waals surface area contributed by atoms with Gasteiger partial charge in [-0.25, -0.2) is 14.7 Å². The molecule has 4 heterocycles. The molecule has 2 aromatic rings. The highest BCUT2D eigenvalue weighted by atomic mass is 32.1. The van der Waals surface area contributed by atoms with Crippen molar-refractivity contribution in [2.24, 2.45) is 0 Å². The van der Waals surface area contributed by atoms with E-state index in [0.29, 0.717) is 16.3 Å². The van der Waals surface area contributed by atoms with E-state index in [4.69, 9.17) is 4.74 Å². The molecule has 1 fully saturated rings. The highest BCUT2D eigenvalue weighted by Gasteiger charge is 2.41. The van der Waals surface area contributed by atoms with Gasteiger partial charge in [-0.15, -0.1) is 0 Å². The first-order valence-electron chi connectivity index (χ1n) is 9.12. The molecule has 3 aliphatic heterocycles. The molecule has 8 nitrogen and oxygen atoms in total. The summed E-state index contributed by atoms with van der Waals surface area (Å²) in [5.74, 6) is -0.689. The molecule has 0 unspecified atom stereocenters. The first kappa shape index (κ1) is 17.3. The molecule has 28 heavy (non-hydrogen) atoms. The van der Waals surface area contributed by atoms with Crippen molar-refractivity contribution in [1.82, 2.24) is 14.8 Å². The molecule has 1 saturated heterocycles. The van der Waals surface area contributed by atoms with E-state index in [1.165, 1.54) is 21.1 Å². The van der Waals surface area contributed by atoms with Gasteiger partial charge in [-0.2, -0.15) is 0 Å². The number of rotatable bonds is 3. The van der Waals surface area contributed by atoms with Crippen LogP contribution < -0.4 is 4.90 Å². The summed E-state index contributed by atoms with van der Waals surface area (Å²) in [5.41, 5.74) is 1.82. The van der Waals surface area contributed by atoms with Gasteiger partial charge < -0.3 is 9.64 Å². The largest absolute Gasteiger partial charge is 0.442 e. The molecule has 9 heteroatoms. The maximum Gasteiger partial charge on any atom is 0.416 e. The Morgan fingerprint density at radius 3 is 2.61 bits per heavy atom. The smallest absolute Gasteiger partial charge is 0.416 e. The number of hydrogen-bond donors (Lipinski definition) is 0. The highest BCUT2D eigenvalue weighted by Crippen LogP contribution is 2.33. The Hall–Kier alpha value is -2.78. The number of likely N-dealkylation sites (N-methyl/N-ethyl adjacent to an activating group) is 1. The Bertz CT molecular complexity index is 969. The van der Waals surface area contributed by atoms with Crippen LogP contribution in [0.4, 0.5) is 9.93 Å². The predicted octanol–water partition coefficient (Wildman–Crippen LogP) is 1.75. The molecule has 5 rings (SSSR count). The third-order valence-corrected chi connectivity index (χ3v) is 6.39. The van der Waals surface area contributed by atoms with Gasteiger partial charge in [0.15, 0.2) is 5.13 Å². The molecule has 0 saturated carbocycles. The molecule has 0 bridgehead atoms. The molecule has 0 aliphatic carbocycles. The molecule has 144 valence electrons. The first-order valence-corrected chi connectivity index (χ1v) is 9.93. The number of aromatic nitrogens is 1. The maximum absolute atomic E-state index is 12.5. The topological polar surface area (TPSA) is 83.1 Å². The normalized spacial score (nSPS) is 21.9. The lowest BCUT2D eigenvalue weighted by Crippen LogP contribution is -2.38. The Morgan fingerprint density at radius 1 is 1.18 bits per heavy atom. The number of cyclic esters (lactones) is 1. The number of benzene rings is 1. The fraction of sp³-hybridized carbons (Fsp3) is 0.368. The fourth-order valence-electron chi connectivity index (χ4n) is 3.81. The number of thiazole rings is 1. The van der Waals surface area contributed by atoms with E-state index in [1.54, 1.807) is 24.3 Å². The average molecular weight is 398 g/mol. The van der Waals surface area contributed by atoms with Crippen molar-refractivity contribution in [2.45, 2.75) is 19.1 Å². The summed E-state index contributed by atoms with van der Waals surface area (Å²) in [6.07, 6.45) is -0.191. The van der Waals surface area contributed by atoms with Crippen LogP contribution >= 0.6 is 11.3 Å². The monoisotopic (exact) mass is 398 g/mol. The minimum atomic E-state index is -0.571. The Morgan fingerprint density at radius 2 is 1.89 bits per heavy atom. The van der Waals surface area contributed by atoms with E-state index in [1.807, 2.05) is 0 Å². The van der Waals surface area contributed by atoms with Crippen LogP contribution in [-0.4, -0.2) is 65.5 Å². The molecular formula is C19H18N4O4S. The minimum Gasteiger partial charge on any atom is -0.442 e. The van der Waals surface area contributed by atoms with Crippen LogP contribution in [0.3, 0.4) is 0 Å². The van der Waals surface area contributed by atoms with Crippen molar-refractivity contribution < 1.29 is 19.1 Å². The number of carbonyl (C=O) groups is 3. The Labute approximate surface area is 165 Å². The minimum absolute atomic E-state index is 0.0441. The van der Waals surface area contributed by atoms with Gasteiger partial charge in [-0.3, -0.25) is 14.5 Å². The first-order chi connectivity index (χ1) is 13.5. The van der Waals surface area contributed by atoms with Gasteiger partial charge in [0, 0.05) is 24.4 Å². The molecule has 0 radical (unpaired) electrons. The molecule has 1 atom stereocenters. The average Bonchev–Trinajstić information content (AvgIpc) is 3.33. The number of fused-ring (bicyclic) bond motifs is 2. The SMILES string of the molecule is CN1CCc2nc(N3C[C@H](CN4C(=O)c5ccccc5C4=O)OC3=O)sc2C1. The summed E-state index contributed by atoms with van der Waals surface area (Å²) in [7, 11) is 2.06. The Kier molecular flexibility index (Phi) is 3.95. The molecule has 0 N–H and O–H groups in total. The van der Waals surface area contributed by atoms with Crippen molar-refractivity contribution >= 4 is 34.4 Å². The Balaban J connectivity index is 1.31. The van der Waals surface area contributed by atoms with Crippen LogP contribution in [0.5, 0.6) is 0 Å². The van der Waals surface area contributed by atoms with Crippen LogP contribution in [0, 0.1) is 0 Å². The zero-order valence-corrected chi connectivity index (χ0v) is 16.1. The molecule has 1 aromatic carbocycles. The second-order valence-corrected chi connectivity index (χ2v) is 8.30. The summed E-state index contributed by atoms with van der Waals surface area (Å²) < 4.78 is 5.44. The summed E-state index contributed by atoms with van der Waals surface area (Å²) in [6.45, 7) is 2.09. The zero-order chi connectivity index (χ0) is 19.4. The standard InChI is InChI=1S/C19H18N4O4S/c1-21-7-6-14-15(10-21)28-18(20-14)23-9-11(27-19(23)26)8-22-16(24)12-4-2-3-5-13(12)17(22)25/h2-5,11H,6-10H2,1H3/t11-/m0/s1. The molecule has 3 amide bonds. The van der Waals surface area contributed by atoms with Gasteiger partial charge in [0.25, 0.3) is 11.8 Å². The predicted molar refractivity (Wildman–Crippen MR) is 102 cm³/mol. The lowest BCUT2D eigenvalue weighted by atomic mass is 10.1. The number of amides is 3. The zero-order valence-electron chi connectivity index (χ0n) is 15.3. The van der Waals surface area contributed by atoms with E-state index in [-0.39, 0.29) is 24.9 Å². The third kappa shape index (κ3) is 2.70. The number of hydrogen-bond acceptors (Lipinski definition) is 7. The van der Waals surface area contributed by atoms with Crippen molar-refractivity contribution in [3.05, 3.63) is 46.0 Å². The second-order valence-electron chi connectivity index (χ2n) is 7.24. The molecular weight excluding hydrogens is 380 g/mol. The molecule has 3 aliphatic rings. The third-order valence-electron chi connectivity index (χ3n) is 5.28. The van der Waals surface area contributed by atoms with Crippen LogP contribution in [0.15, 0.2) is 24.3 Å². The number of imide groups is 1. The van der Waals surface area contributed by atoms with Gasteiger partial charge >= 0.3 is 6.09 Å². The number of carbonyl (C=O) groups excluding carboxylic acids is 3. The summed E-state index contributed by atoms with van der Waals surface area (Å²) >= 11 is 1.50. The lowest BCUT2D eigenvalue weighted by Gasteiger charge is -2.20. The molecule has 0 spiro atoms. The van der Waals surface area contributed by atoms with Crippen LogP contribution in [0.2, 0.25) is 0 Å².